The summed E-state index contributed by atoms with van der Waals surface area (Å²) in [4.78, 5) is 1.26. The van der Waals surface area contributed by atoms with E-state index in [-0.39, 0.29) is 0 Å². The van der Waals surface area contributed by atoms with Gasteiger partial charge in [-0.15, -0.1) is 11.8 Å². The van der Waals surface area contributed by atoms with Crippen molar-refractivity contribution < 1.29 is 9.47 Å². The van der Waals surface area contributed by atoms with Crippen LogP contribution in [0.3, 0.4) is 0 Å². The molecule has 1 fully saturated rings. The Morgan fingerprint density at radius 2 is 2.17 bits per heavy atom. The van der Waals surface area contributed by atoms with Crippen LogP contribution in [0, 0.1) is 0 Å². The van der Waals surface area contributed by atoms with Crippen molar-refractivity contribution in [2.45, 2.75) is 23.7 Å². The average molecular weight is 265 g/mol. The molecule has 3 nitrogen and oxygen atoms in total. The van der Waals surface area contributed by atoms with Crippen LogP contribution in [0.15, 0.2) is 17.0 Å². The van der Waals surface area contributed by atoms with Gasteiger partial charge in [-0.1, -0.05) is 6.07 Å². The Balaban J connectivity index is 1.98. The molecule has 18 heavy (non-hydrogen) atoms. The maximum absolute atomic E-state index is 5.81. The zero-order valence-corrected chi connectivity index (χ0v) is 11.5. The van der Waals surface area contributed by atoms with Crippen molar-refractivity contribution in [1.82, 2.24) is 5.32 Å². The second-order valence-corrected chi connectivity index (χ2v) is 5.57. The second kappa shape index (κ2) is 5.41. The van der Waals surface area contributed by atoms with Crippen molar-refractivity contribution in [1.29, 1.82) is 0 Å². The van der Waals surface area contributed by atoms with Crippen LogP contribution in [0.4, 0.5) is 0 Å². The third-order valence-corrected chi connectivity index (χ3v) is 4.46. The molecule has 3 rings (SSSR count). The van der Waals surface area contributed by atoms with Gasteiger partial charge in [0.2, 0.25) is 0 Å². The molecule has 0 saturated carbocycles. The fourth-order valence-corrected chi connectivity index (χ4v) is 3.57. The van der Waals surface area contributed by atoms with Gasteiger partial charge >= 0.3 is 0 Å². The highest BCUT2D eigenvalue weighted by Gasteiger charge is 2.24. The summed E-state index contributed by atoms with van der Waals surface area (Å²) in [7, 11) is 0. The number of hydrogen-bond donors (Lipinski definition) is 1. The number of benzene rings is 1. The van der Waals surface area contributed by atoms with E-state index >= 15 is 0 Å². The van der Waals surface area contributed by atoms with Crippen LogP contribution in [0.1, 0.15) is 24.3 Å². The first-order valence-corrected chi connectivity index (χ1v) is 7.80. The molecule has 0 aromatic heterocycles. The summed E-state index contributed by atoms with van der Waals surface area (Å²) in [6.45, 7) is 3.54. The Kier molecular flexibility index (Phi) is 3.66. The molecule has 0 amide bonds. The van der Waals surface area contributed by atoms with Crippen molar-refractivity contribution >= 4 is 11.8 Å². The number of fused-ring (bicyclic) bond motifs is 1. The summed E-state index contributed by atoms with van der Waals surface area (Å²) in [5.41, 5.74) is 1.42. The summed E-state index contributed by atoms with van der Waals surface area (Å²) in [5, 5.41) is 3.48. The number of thioether (sulfide) groups is 1. The molecule has 1 saturated heterocycles. The molecule has 2 aliphatic heterocycles. The van der Waals surface area contributed by atoms with Crippen LogP contribution >= 0.6 is 11.8 Å². The highest BCUT2D eigenvalue weighted by molar-refractivity contribution is 7.98. The molecular formula is C14H19NO2S. The first-order chi connectivity index (χ1) is 8.90. The Hall–Kier alpha value is -0.870. The quantitative estimate of drug-likeness (QED) is 0.833. The van der Waals surface area contributed by atoms with Gasteiger partial charge in [-0.25, -0.2) is 0 Å². The second-order valence-electron chi connectivity index (χ2n) is 4.76. The lowest BCUT2D eigenvalue weighted by Gasteiger charge is -2.28. The minimum absolute atomic E-state index is 0.608. The largest absolute Gasteiger partial charge is 0.486 e. The van der Waals surface area contributed by atoms with E-state index in [0.29, 0.717) is 19.1 Å². The maximum Gasteiger partial charge on any atom is 0.175 e. The predicted octanol–water partition coefficient (Wildman–Crippen LogP) is 2.65. The minimum Gasteiger partial charge on any atom is -0.486 e. The maximum atomic E-state index is 5.81. The van der Waals surface area contributed by atoms with Crippen molar-refractivity contribution in [3.05, 3.63) is 17.7 Å². The van der Waals surface area contributed by atoms with Crippen LogP contribution in [0.5, 0.6) is 11.5 Å². The molecule has 1 aromatic rings. The SMILES string of the molecule is CSc1c(C2CCCNC2)ccc2c1OCCO2. The van der Waals surface area contributed by atoms with Gasteiger partial charge in [0.05, 0.1) is 4.90 Å². The molecule has 98 valence electrons. The van der Waals surface area contributed by atoms with E-state index < -0.39 is 0 Å². The van der Waals surface area contributed by atoms with Crippen molar-refractivity contribution in [2.24, 2.45) is 0 Å². The molecule has 0 bridgehead atoms. The molecule has 2 heterocycles. The Bertz CT molecular complexity index is 430. The highest BCUT2D eigenvalue weighted by Crippen LogP contribution is 2.44. The molecule has 1 atom stereocenters. The molecule has 1 aromatic carbocycles. The number of nitrogens with one attached hydrogen (secondary N) is 1. The van der Waals surface area contributed by atoms with Gasteiger partial charge in [-0.2, -0.15) is 0 Å². The molecule has 1 N–H and O–H groups in total. The molecule has 0 radical (unpaired) electrons. The van der Waals surface area contributed by atoms with Crippen molar-refractivity contribution in [2.75, 3.05) is 32.6 Å². The normalized spacial score (nSPS) is 22.8. The molecule has 1 unspecified atom stereocenters. The molecule has 2 aliphatic rings. The zero-order chi connectivity index (χ0) is 12.4. The van der Waals surface area contributed by atoms with Gasteiger partial charge in [-0.3, -0.25) is 0 Å². The monoisotopic (exact) mass is 265 g/mol. The van der Waals surface area contributed by atoms with E-state index in [9.17, 15) is 0 Å². The lowest BCUT2D eigenvalue weighted by molar-refractivity contribution is 0.166. The van der Waals surface area contributed by atoms with E-state index in [4.69, 9.17) is 9.47 Å². The molecule has 4 heteroatoms. The third-order valence-electron chi connectivity index (χ3n) is 3.63. The zero-order valence-electron chi connectivity index (χ0n) is 10.7. The predicted molar refractivity (Wildman–Crippen MR) is 74.1 cm³/mol. The average Bonchev–Trinajstić information content (AvgIpc) is 2.47. The Morgan fingerprint density at radius 1 is 1.28 bits per heavy atom. The van der Waals surface area contributed by atoms with Crippen molar-refractivity contribution in [3.63, 3.8) is 0 Å². The lowest BCUT2D eigenvalue weighted by atomic mass is 9.91. The third kappa shape index (κ3) is 2.19. The van der Waals surface area contributed by atoms with Crippen molar-refractivity contribution in [3.8, 4) is 11.5 Å². The first kappa shape index (κ1) is 12.2. The summed E-state index contributed by atoms with van der Waals surface area (Å²) in [6.07, 6.45) is 4.64. The number of piperidine rings is 1. The van der Waals surface area contributed by atoms with Crippen LogP contribution in [0.2, 0.25) is 0 Å². The Morgan fingerprint density at radius 3 is 2.94 bits per heavy atom. The Labute approximate surface area is 112 Å². The minimum atomic E-state index is 0.608. The molecule has 0 aliphatic carbocycles. The van der Waals surface area contributed by atoms with E-state index in [1.807, 2.05) is 0 Å². The highest BCUT2D eigenvalue weighted by atomic mass is 32.2. The number of rotatable bonds is 2. The standard InChI is InChI=1S/C14H19NO2S/c1-18-14-11(10-3-2-6-15-9-10)4-5-12-13(14)17-8-7-16-12/h4-5,10,15H,2-3,6-9H2,1H3. The van der Waals surface area contributed by atoms with Gasteiger partial charge in [-0.05, 0) is 43.2 Å². The number of hydrogen-bond acceptors (Lipinski definition) is 4. The van der Waals surface area contributed by atoms with Gasteiger partial charge < -0.3 is 14.8 Å². The fourth-order valence-electron chi connectivity index (χ4n) is 2.75. The van der Waals surface area contributed by atoms with E-state index in [1.54, 1.807) is 11.8 Å². The van der Waals surface area contributed by atoms with Crippen LogP contribution < -0.4 is 14.8 Å². The van der Waals surface area contributed by atoms with Crippen LogP contribution in [-0.2, 0) is 0 Å². The van der Waals surface area contributed by atoms with Crippen LogP contribution in [-0.4, -0.2) is 32.6 Å². The molecular weight excluding hydrogens is 246 g/mol. The fraction of sp³-hybridized carbons (Fsp3) is 0.571. The summed E-state index contributed by atoms with van der Waals surface area (Å²) >= 11 is 1.77. The van der Waals surface area contributed by atoms with E-state index in [2.05, 4.69) is 23.7 Å². The summed E-state index contributed by atoms with van der Waals surface area (Å²) in [6, 6.07) is 4.29. The summed E-state index contributed by atoms with van der Waals surface area (Å²) < 4.78 is 11.5. The topological polar surface area (TPSA) is 30.5 Å². The molecule has 0 spiro atoms. The van der Waals surface area contributed by atoms with Gasteiger partial charge in [0.15, 0.2) is 11.5 Å². The van der Waals surface area contributed by atoms with Gasteiger partial charge in [0, 0.05) is 6.54 Å². The smallest absolute Gasteiger partial charge is 0.175 e. The first-order valence-electron chi connectivity index (χ1n) is 6.57. The lowest BCUT2D eigenvalue weighted by Crippen LogP contribution is -2.28. The summed E-state index contributed by atoms with van der Waals surface area (Å²) in [5.74, 6) is 2.46. The van der Waals surface area contributed by atoms with Gasteiger partial charge in [0.1, 0.15) is 13.2 Å². The van der Waals surface area contributed by atoms with Gasteiger partial charge in [0.25, 0.3) is 0 Å². The van der Waals surface area contributed by atoms with E-state index in [1.165, 1.54) is 23.3 Å². The van der Waals surface area contributed by atoms with E-state index in [0.717, 1.165) is 24.6 Å². The van der Waals surface area contributed by atoms with Crippen LogP contribution in [0.25, 0.3) is 0 Å². The number of ether oxygens (including phenoxy) is 2.